The first kappa shape index (κ1) is 17.3. The number of hydrogen-bond acceptors (Lipinski definition) is 4. The van der Waals surface area contributed by atoms with Crippen LogP contribution in [-0.2, 0) is 14.8 Å². The van der Waals surface area contributed by atoms with Gasteiger partial charge in [-0.1, -0.05) is 0 Å². The van der Waals surface area contributed by atoms with Gasteiger partial charge < -0.3 is 10.2 Å². The van der Waals surface area contributed by atoms with Crippen LogP contribution in [0.25, 0.3) is 0 Å². The molecule has 0 aromatic carbocycles. The molecule has 1 N–H and O–H groups in total. The molecule has 0 aliphatic carbocycles. The lowest BCUT2D eigenvalue weighted by atomic mass is 10.3. The molecule has 1 amide bonds. The van der Waals surface area contributed by atoms with E-state index in [9.17, 15) is 13.2 Å². The van der Waals surface area contributed by atoms with Crippen LogP contribution < -0.4 is 5.32 Å². The second-order valence-corrected chi connectivity index (χ2v) is 6.84. The van der Waals surface area contributed by atoms with Crippen molar-refractivity contribution in [1.82, 2.24) is 14.5 Å². The maximum absolute atomic E-state index is 11.6. The van der Waals surface area contributed by atoms with Crippen LogP contribution in [0.4, 0.5) is 0 Å². The molecular formula is C11H25N3O3S. The summed E-state index contributed by atoms with van der Waals surface area (Å²) < 4.78 is 24.1. The normalized spacial score (nSPS) is 12.4. The van der Waals surface area contributed by atoms with E-state index in [4.69, 9.17) is 0 Å². The number of nitrogens with zero attached hydrogens (tertiary/aromatic N) is 2. The lowest BCUT2D eigenvalue weighted by Crippen LogP contribution is -2.44. The van der Waals surface area contributed by atoms with E-state index in [1.165, 1.54) is 4.31 Å². The number of rotatable bonds is 8. The third-order valence-corrected chi connectivity index (χ3v) is 3.81. The smallest absolute Gasteiger partial charge is 0.235 e. The minimum absolute atomic E-state index is 0.113. The summed E-state index contributed by atoms with van der Waals surface area (Å²) in [5, 5.41) is 2.72. The van der Waals surface area contributed by atoms with Crippen LogP contribution in [0.2, 0.25) is 0 Å². The van der Waals surface area contributed by atoms with Crippen LogP contribution >= 0.6 is 0 Å². The van der Waals surface area contributed by atoms with Crippen LogP contribution in [0.15, 0.2) is 0 Å². The molecule has 108 valence electrons. The summed E-state index contributed by atoms with van der Waals surface area (Å²) in [6, 6.07) is -0.215. The topological polar surface area (TPSA) is 69.7 Å². The van der Waals surface area contributed by atoms with Gasteiger partial charge in [0.1, 0.15) is 0 Å². The Bertz CT molecular complexity index is 353. The minimum Gasteiger partial charge on any atom is -0.355 e. The third kappa shape index (κ3) is 7.62. The molecule has 0 aliphatic heterocycles. The lowest BCUT2D eigenvalue weighted by Gasteiger charge is -2.23. The molecule has 0 aromatic heterocycles. The van der Waals surface area contributed by atoms with Crippen LogP contribution in [0.1, 0.15) is 20.3 Å². The summed E-state index contributed by atoms with van der Waals surface area (Å²) in [6.45, 7) is 4.84. The predicted octanol–water partition coefficient (Wildman–Crippen LogP) is -0.276. The van der Waals surface area contributed by atoms with Gasteiger partial charge in [-0.2, -0.15) is 4.31 Å². The fourth-order valence-corrected chi connectivity index (χ4v) is 2.62. The van der Waals surface area contributed by atoms with Gasteiger partial charge in [-0.3, -0.25) is 4.79 Å². The number of carbonyl (C=O) groups excluding carboxylic acids is 1. The van der Waals surface area contributed by atoms with Crippen molar-refractivity contribution in [2.45, 2.75) is 26.3 Å². The molecule has 0 atom stereocenters. The Morgan fingerprint density at radius 1 is 1.28 bits per heavy atom. The molecule has 0 saturated heterocycles. The van der Waals surface area contributed by atoms with E-state index in [2.05, 4.69) is 5.32 Å². The Hall–Kier alpha value is -0.660. The highest BCUT2D eigenvalue weighted by atomic mass is 32.2. The molecule has 0 fully saturated rings. The first-order chi connectivity index (χ1) is 8.14. The molecular weight excluding hydrogens is 254 g/mol. The van der Waals surface area contributed by atoms with Crippen LogP contribution in [0, 0.1) is 0 Å². The highest BCUT2D eigenvalue weighted by molar-refractivity contribution is 7.88. The summed E-state index contributed by atoms with van der Waals surface area (Å²) >= 11 is 0. The van der Waals surface area contributed by atoms with Gasteiger partial charge >= 0.3 is 0 Å². The van der Waals surface area contributed by atoms with Gasteiger partial charge in [0.05, 0.1) is 12.8 Å². The summed E-state index contributed by atoms with van der Waals surface area (Å²) in [4.78, 5) is 13.6. The summed E-state index contributed by atoms with van der Waals surface area (Å²) in [6.07, 6.45) is 1.96. The van der Waals surface area contributed by atoms with E-state index in [1.807, 2.05) is 19.0 Å². The molecule has 0 rings (SSSR count). The largest absolute Gasteiger partial charge is 0.355 e. The monoisotopic (exact) mass is 279 g/mol. The van der Waals surface area contributed by atoms with Crippen molar-refractivity contribution in [1.29, 1.82) is 0 Å². The Kier molecular flexibility index (Phi) is 7.42. The Labute approximate surface area is 110 Å². The van der Waals surface area contributed by atoms with Gasteiger partial charge in [-0.15, -0.1) is 0 Å². The van der Waals surface area contributed by atoms with Gasteiger partial charge in [0, 0.05) is 12.6 Å². The number of amides is 1. The van der Waals surface area contributed by atoms with E-state index >= 15 is 0 Å². The first-order valence-corrected chi connectivity index (χ1v) is 7.87. The fraction of sp³-hybridized carbons (Fsp3) is 0.909. The quantitative estimate of drug-likeness (QED) is 0.621. The van der Waals surface area contributed by atoms with Gasteiger partial charge in [0.25, 0.3) is 0 Å². The fourth-order valence-electron chi connectivity index (χ4n) is 1.50. The molecule has 0 bridgehead atoms. The second-order valence-electron chi connectivity index (χ2n) is 4.91. The van der Waals surface area contributed by atoms with Crippen molar-refractivity contribution in [3.63, 3.8) is 0 Å². The molecule has 18 heavy (non-hydrogen) atoms. The van der Waals surface area contributed by atoms with E-state index in [1.54, 1.807) is 13.8 Å². The van der Waals surface area contributed by atoms with Crippen molar-refractivity contribution in [2.24, 2.45) is 0 Å². The maximum atomic E-state index is 11.6. The summed E-state index contributed by atoms with van der Waals surface area (Å²) in [5.74, 6) is -0.257. The van der Waals surface area contributed by atoms with Crippen LogP contribution in [-0.4, -0.2) is 69.6 Å². The SMILES string of the molecule is CC(C)N(CC(=O)NCCCN(C)C)S(C)(=O)=O. The number of hydrogen-bond donors (Lipinski definition) is 1. The zero-order chi connectivity index (χ0) is 14.3. The Morgan fingerprint density at radius 3 is 2.22 bits per heavy atom. The molecule has 7 heteroatoms. The first-order valence-electron chi connectivity index (χ1n) is 6.03. The average molecular weight is 279 g/mol. The molecule has 0 heterocycles. The van der Waals surface area contributed by atoms with Crippen molar-refractivity contribution in [2.75, 3.05) is 40.0 Å². The number of nitrogens with one attached hydrogen (secondary N) is 1. The molecule has 0 aliphatic rings. The molecule has 0 spiro atoms. The molecule has 0 aromatic rings. The van der Waals surface area contributed by atoms with Crippen molar-refractivity contribution < 1.29 is 13.2 Å². The molecule has 6 nitrogen and oxygen atoms in total. The van der Waals surface area contributed by atoms with Crippen LogP contribution in [0.5, 0.6) is 0 Å². The summed E-state index contributed by atoms with van der Waals surface area (Å²) in [7, 11) is 0.590. The van der Waals surface area contributed by atoms with E-state index in [0.717, 1.165) is 19.2 Å². The standard InChI is InChI=1S/C11H25N3O3S/c1-10(2)14(18(5,16)17)9-11(15)12-7-6-8-13(3)4/h10H,6-9H2,1-5H3,(H,12,15). The highest BCUT2D eigenvalue weighted by Gasteiger charge is 2.22. The van der Waals surface area contributed by atoms with Gasteiger partial charge in [0.2, 0.25) is 15.9 Å². The highest BCUT2D eigenvalue weighted by Crippen LogP contribution is 2.03. The van der Waals surface area contributed by atoms with Gasteiger partial charge in [-0.25, -0.2) is 8.42 Å². The summed E-state index contributed by atoms with van der Waals surface area (Å²) in [5.41, 5.74) is 0. The molecule has 0 unspecified atom stereocenters. The van der Waals surface area contributed by atoms with E-state index in [-0.39, 0.29) is 18.5 Å². The third-order valence-electron chi connectivity index (χ3n) is 2.41. The number of carbonyl (C=O) groups is 1. The number of sulfonamides is 1. The molecule has 0 saturated carbocycles. The van der Waals surface area contributed by atoms with E-state index in [0.29, 0.717) is 6.54 Å². The zero-order valence-corrected chi connectivity index (χ0v) is 12.7. The van der Waals surface area contributed by atoms with Crippen molar-refractivity contribution in [3.05, 3.63) is 0 Å². The second kappa shape index (κ2) is 7.70. The van der Waals surface area contributed by atoms with Crippen LogP contribution in [0.3, 0.4) is 0 Å². The van der Waals surface area contributed by atoms with Crippen molar-refractivity contribution in [3.8, 4) is 0 Å². The molecule has 0 radical (unpaired) electrons. The lowest BCUT2D eigenvalue weighted by molar-refractivity contribution is -0.121. The van der Waals surface area contributed by atoms with E-state index < -0.39 is 10.0 Å². The Morgan fingerprint density at radius 2 is 1.83 bits per heavy atom. The van der Waals surface area contributed by atoms with Gasteiger partial charge in [-0.05, 0) is 40.9 Å². The zero-order valence-electron chi connectivity index (χ0n) is 11.9. The minimum atomic E-state index is -3.34. The average Bonchev–Trinajstić information content (AvgIpc) is 2.18. The Balaban J connectivity index is 4.13. The predicted molar refractivity (Wildman–Crippen MR) is 72.9 cm³/mol. The van der Waals surface area contributed by atoms with Crippen molar-refractivity contribution >= 4 is 15.9 Å². The maximum Gasteiger partial charge on any atom is 0.235 e. The van der Waals surface area contributed by atoms with Gasteiger partial charge in [0.15, 0.2) is 0 Å².